The van der Waals surface area contributed by atoms with E-state index in [0.717, 1.165) is 17.8 Å². The number of halogens is 1. The molecule has 0 radical (unpaired) electrons. The minimum atomic E-state index is -1.79. The first-order chi connectivity index (χ1) is 7.57. The maximum atomic E-state index is 6.92. The van der Waals surface area contributed by atoms with Crippen molar-refractivity contribution in [3.63, 3.8) is 0 Å². The molecule has 1 rings (SSSR count). The van der Waals surface area contributed by atoms with E-state index in [2.05, 4.69) is 41.5 Å². The van der Waals surface area contributed by atoms with Crippen LogP contribution in [0.25, 0.3) is 0 Å². The van der Waals surface area contributed by atoms with Gasteiger partial charge in [-0.25, -0.2) is 0 Å². The van der Waals surface area contributed by atoms with Crippen LogP contribution in [0.1, 0.15) is 60.8 Å². The minimum Gasteiger partial charge on any atom is -0.0847 e. The lowest BCUT2D eigenvalue weighted by atomic mass is 9.77. The normalized spacial score (nSPS) is 34.7. The van der Waals surface area contributed by atoms with Gasteiger partial charge in [0.05, 0.1) is 0 Å². The van der Waals surface area contributed by atoms with E-state index in [0.29, 0.717) is 5.66 Å². The Labute approximate surface area is 118 Å². The third-order valence-electron chi connectivity index (χ3n) is 4.33. The molecule has 17 heavy (non-hydrogen) atoms. The van der Waals surface area contributed by atoms with Gasteiger partial charge in [0.2, 0.25) is 0 Å². The maximum absolute atomic E-state index is 6.92. The fourth-order valence-electron chi connectivity index (χ4n) is 3.03. The zero-order valence-corrected chi connectivity index (χ0v) is 14.6. The van der Waals surface area contributed by atoms with Crippen molar-refractivity contribution in [1.29, 1.82) is 0 Å². The molecule has 0 N–H and O–H groups in total. The molecule has 0 spiro atoms. The lowest BCUT2D eigenvalue weighted by Gasteiger charge is -2.46. The Morgan fingerprint density at radius 3 is 2.18 bits per heavy atom. The standard InChI is InChI=1S/C14H28ClPS/c1-10(2)12-8-7-11(3)9-13(12)16(15,17)14(4,5)6/h10-13H,7-9H2,1-6H3/t11-,12+,13-,16?/m1/s1. The zero-order valence-electron chi connectivity index (χ0n) is 12.2. The summed E-state index contributed by atoms with van der Waals surface area (Å²) < 4.78 is 0. The minimum absolute atomic E-state index is 0.0960. The van der Waals surface area contributed by atoms with Gasteiger partial charge in [0.25, 0.3) is 0 Å². The van der Waals surface area contributed by atoms with Gasteiger partial charge in [-0.05, 0) is 30.6 Å². The molecule has 0 heterocycles. The second-order valence-corrected chi connectivity index (χ2v) is 14.2. The molecule has 1 saturated carbocycles. The van der Waals surface area contributed by atoms with Crippen LogP contribution in [-0.2, 0) is 11.8 Å². The summed E-state index contributed by atoms with van der Waals surface area (Å²) in [6.45, 7) is 13.7. The first-order valence-electron chi connectivity index (χ1n) is 6.87. The molecule has 1 unspecified atom stereocenters. The molecule has 0 bridgehead atoms. The Hall–Kier alpha value is 0.940. The highest BCUT2D eigenvalue weighted by molar-refractivity contribution is 8.28. The van der Waals surface area contributed by atoms with Gasteiger partial charge in [-0.3, -0.25) is 0 Å². The van der Waals surface area contributed by atoms with Crippen molar-refractivity contribution in [2.24, 2.45) is 17.8 Å². The van der Waals surface area contributed by atoms with Crippen LogP contribution < -0.4 is 0 Å². The molecule has 0 nitrogen and oxygen atoms in total. The summed E-state index contributed by atoms with van der Waals surface area (Å²) in [5.74, 6) is 2.27. The Morgan fingerprint density at radius 1 is 1.24 bits per heavy atom. The largest absolute Gasteiger partial charge is 0.0847 e. The van der Waals surface area contributed by atoms with E-state index in [1.54, 1.807) is 0 Å². The Balaban J connectivity index is 3.01. The van der Waals surface area contributed by atoms with Gasteiger partial charge >= 0.3 is 0 Å². The fraction of sp³-hybridized carbons (Fsp3) is 1.00. The van der Waals surface area contributed by atoms with Crippen LogP contribution in [0.2, 0.25) is 0 Å². The van der Waals surface area contributed by atoms with Crippen molar-refractivity contribution in [2.45, 2.75) is 71.6 Å². The summed E-state index contributed by atoms with van der Waals surface area (Å²) in [7, 11) is 0. The third-order valence-corrected chi connectivity index (χ3v) is 12.3. The van der Waals surface area contributed by atoms with Crippen LogP contribution in [-0.4, -0.2) is 10.8 Å². The van der Waals surface area contributed by atoms with Crippen LogP contribution in [0.5, 0.6) is 0 Å². The molecule has 1 aliphatic rings. The van der Waals surface area contributed by atoms with Gasteiger partial charge in [-0.1, -0.05) is 71.0 Å². The quantitative estimate of drug-likeness (QED) is 0.573. The van der Waals surface area contributed by atoms with E-state index < -0.39 is 5.39 Å². The Kier molecular flexibility index (Phi) is 5.19. The SMILES string of the molecule is CC(C)[C@@H]1CC[C@@H](C)C[C@H]1P(=S)(Cl)C(C)(C)C. The third kappa shape index (κ3) is 3.48. The van der Waals surface area contributed by atoms with Crippen LogP contribution in [0, 0.1) is 17.8 Å². The molecule has 0 aromatic carbocycles. The molecule has 0 aliphatic heterocycles. The average Bonchev–Trinajstić information content (AvgIpc) is 2.15. The number of hydrogen-bond acceptors (Lipinski definition) is 1. The molecule has 1 fully saturated rings. The second kappa shape index (κ2) is 5.51. The molecule has 0 aromatic rings. The maximum Gasteiger partial charge on any atom is 0.0470 e. The highest BCUT2D eigenvalue weighted by Crippen LogP contribution is 2.70. The van der Waals surface area contributed by atoms with Crippen molar-refractivity contribution < 1.29 is 0 Å². The molecule has 0 amide bonds. The molecule has 4 atom stereocenters. The van der Waals surface area contributed by atoms with Crippen molar-refractivity contribution in [3.05, 3.63) is 0 Å². The van der Waals surface area contributed by atoms with E-state index >= 15 is 0 Å². The van der Waals surface area contributed by atoms with Gasteiger partial charge in [-0.15, -0.1) is 0 Å². The summed E-state index contributed by atoms with van der Waals surface area (Å²) >= 11 is 12.8. The van der Waals surface area contributed by atoms with Crippen LogP contribution in [0.15, 0.2) is 0 Å². The highest BCUT2D eigenvalue weighted by atomic mass is 35.7. The van der Waals surface area contributed by atoms with Crippen LogP contribution in [0.3, 0.4) is 0 Å². The van der Waals surface area contributed by atoms with E-state index in [1.165, 1.54) is 19.3 Å². The average molecular weight is 295 g/mol. The summed E-state index contributed by atoms with van der Waals surface area (Å²) in [6.07, 6.45) is 3.93. The Morgan fingerprint density at radius 2 is 1.76 bits per heavy atom. The molecule has 3 heteroatoms. The van der Waals surface area contributed by atoms with Crippen LogP contribution >= 0.6 is 16.6 Å². The zero-order chi connectivity index (χ0) is 13.4. The van der Waals surface area contributed by atoms with E-state index in [1.807, 2.05) is 0 Å². The lowest BCUT2D eigenvalue weighted by molar-refractivity contribution is 0.240. The summed E-state index contributed by atoms with van der Waals surface area (Å²) in [4.78, 5) is 0. The van der Waals surface area contributed by atoms with E-state index in [4.69, 9.17) is 23.0 Å². The topological polar surface area (TPSA) is 0 Å². The molecule has 1 aliphatic carbocycles. The van der Waals surface area contributed by atoms with Gasteiger partial charge in [-0.2, -0.15) is 0 Å². The van der Waals surface area contributed by atoms with Crippen molar-refractivity contribution in [2.75, 3.05) is 0 Å². The summed E-state index contributed by atoms with van der Waals surface area (Å²) in [5.41, 5.74) is 0.586. The molecular formula is C14H28ClPS. The smallest absolute Gasteiger partial charge is 0.0470 e. The molecule has 0 saturated heterocycles. The predicted molar refractivity (Wildman–Crippen MR) is 85.0 cm³/mol. The highest BCUT2D eigenvalue weighted by Gasteiger charge is 2.44. The Bertz CT molecular complexity index is 306. The predicted octanol–water partition coefficient (Wildman–Crippen LogP) is 5.88. The van der Waals surface area contributed by atoms with Crippen molar-refractivity contribution in [3.8, 4) is 0 Å². The van der Waals surface area contributed by atoms with Gasteiger partial charge < -0.3 is 0 Å². The lowest BCUT2D eigenvalue weighted by Crippen LogP contribution is -2.35. The van der Waals surface area contributed by atoms with E-state index in [9.17, 15) is 0 Å². The molecular weight excluding hydrogens is 267 g/mol. The van der Waals surface area contributed by atoms with Crippen molar-refractivity contribution >= 4 is 28.4 Å². The second-order valence-electron chi connectivity index (χ2n) is 7.14. The van der Waals surface area contributed by atoms with Gasteiger partial charge in [0.1, 0.15) is 0 Å². The van der Waals surface area contributed by atoms with Crippen LogP contribution in [0.4, 0.5) is 0 Å². The van der Waals surface area contributed by atoms with E-state index in [-0.39, 0.29) is 5.16 Å². The first-order valence-corrected chi connectivity index (χ1v) is 10.6. The summed E-state index contributed by atoms with van der Waals surface area (Å²) in [5, 5.41) is -1.70. The molecule has 102 valence electrons. The fourth-order valence-corrected chi connectivity index (χ4v) is 7.04. The van der Waals surface area contributed by atoms with Crippen molar-refractivity contribution in [1.82, 2.24) is 0 Å². The van der Waals surface area contributed by atoms with Gasteiger partial charge in [0.15, 0.2) is 0 Å². The van der Waals surface area contributed by atoms with Gasteiger partial charge in [0, 0.05) is 16.2 Å². The number of hydrogen-bond donors (Lipinski definition) is 0. The number of rotatable bonds is 2. The first kappa shape index (κ1) is 16.0. The monoisotopic (exact) mass is 294 g/mol. The molecule has 0 aromatic heterocycles. The summed E-state index contributed by atoms with van der Waals surface area (Å²) in [6, 6.07) is 0.